The molecule has 2 aromatic rings. The van der Waals surface area contributed by atoms with Crippen LogP contribution in [0.15, 0.2) is 59.9 Å². The molecule has 4 heteroatoms. The number of benzene rings is 2. The van der Waals surface area contributed by atoms with Crippen LogP contribution in [-0.4, -0.2) is 7.05 Å². The summed E-state index contributed by atoms with van der Waals surface area (Å²) in [5.41, 5.74) is 1.85. The first-order valence-corrected chi connectivity index (χ1v) is 5.63. The monoisotopic (exact) mass is 242 g/mol. The number of ether oxygens (including phenoxy) is 1. The van der Waals surface area contributed by atoms with E-state index in [1.165, 1.54) is 5.01 Å². The molecule has 0 N–H and O–H groups in total. The van der Waals surface area contributed by atoms with Gasteiger partial charge in [0.1, 0.15) is 12.4 Å². The molecular weight excluding hydrogens is 228 g/mol. The molecule has 0 atom stereocenters. The van der Waals surface area contributed by atoms with E-state index in [2.05, 4.69) is 5.29 Å². The Bertz CT molecular complexity index is 497. The van der Waals surface area contributed by atoms with Crippen molar-refractivity contribution in [3.63, 3.8) is 0 Å². The fraction of sp³-hybridized carbons (Fsp3) is 0.143. The van der Waals surface area contributed by atoms with E-state index in [-0.39, 0.29) is 0 Å². The lowest BCUT2D eigenvalue weighted by atomic mass is 10.2. The van der Waals surface area contributed by atoms with E-state index in [1.54, 1.807) is 19.2 Å². The Labute approximate surface area is 106 Å². The van der Waals surface area contributed by atoms with Gasteiger partial charge in [0.2, 0.25) is 0 Å². The third kappa shape index (κ3) is 3.07. The number of rotatable bonds is 5. The lowest BCUT2D eigenvalue weighted by Crippen LogP contribution is -2.06. The fourth-order valence-corrected chi connectivity index (χ4v) is 1.55. The van der Waals surface area contributed by atoms with Crippen LogP contribution in [0, 0.1) is 4.91 Å². The van der Waals surface area contributed by atoms with Crippen LogP contribution >= 0.6 is 0 Å². The van der Waals surface area contributed by atoms with Crippen LogP contribution in [0.1, 0.15) is 5.56 Å². The van der Waals surface area contributed by atoms with Crippen molar-refractivity contribution in [3.8, 4) is 5.75 Å². The van der Waals surface area contributed by atoms with Crippen molar-refractivity contribution in [3.05, 3.63) is 65.1 Å². The molecule has 0 unspecified atom stereocenters. The molecule has 4 nitrogen and oxygen atoms in total. The number of hydrogen-bond acceptors (Lipinski definition) is 3. The average Bonchev–Trinajstić information content (AvgIpc) is 2.46. The zero-order valence-electron chi connectivity index (χ0n) is 10.1. The summed E-state index contributed by atoms with van der Waals surface area (Å²) in [6.45, 7) is 0.530. The molecule has 92 valence electrons. The van der Waals surface area contributed by atoms with Gasteiger partial charge in [-0.25, -0.2) is 5.01 Å². The average molecular weight is 242 g/mol. The van der Waals surface area contributed by atoms with Gasteiger partial charge in [0, 0.05) is 7.05 Å². The summed E-state index contributed by atoms with van der Waals surface area (Å²) < 4.78 is 5.63. The Hall–Kier alpha value is -2.36. The van der Waals surface area contributed by atoms with Gasteiger partial charge >= 0.3 is 0 Å². The molecule has 18 heavy (non-hydrogen) atoms. The quantitative estimate of drug-likeness (QED) is 0.596. The molecule has 0 fully saturated rings. The summed E-state index contributed by atoms with van der Waals surface area (Å²) >= 11 is 0. The van der Waals surface area contributed by atoms with Crippen molar-refractivity contribution in [2.24, 2.45) is 5.29 Å². The lowest BCUT2D eigenvalue weighted by molar-refractivity contribution is 0.306. The zero-order chi connectivity index (χ0) is 12.8. The lowest BCUT2D eigenvalue weighted by Gasteiger charge is -2.10. The highest BCUT2D eigenvalue weighted by atomic mass is 16.5. The molecule has 2 aromatic carbocycles. The standard InChI is InChI=1S/C14H14N2O2/c1-16(15-17)13-7-9-14(10-8-13)18-11-12-5-3-2-4-6-12/h2-10H,11H2,1H3. The summed E-state index contributed by atoms with van der Waals surface area (Å²) in [5.74, 6) is 0.766. The largest absolute Gasteiger partial charge is 0.489 e. The Kier molecular flexibility index (Phi) is 3.91. The first kappa shape index (κ1) is 12.1. The maximum atomic E-state index is 10.3. The summed E-state index contributed by atoms with van der Waals surface area (Å²) in [6, 6.07) is 17.2. The number of nitroso groups, excluding NO2 is 1. The van der Waals surface area contributed by atoms with Crippen molar-refractivity contribution >= 4 is 5.69 Å². The molecule has 0 saturated carbocycles. The fourth-order valence-electron chi connectivity index (χ4n) is 1.55. The van der Waals surface area contributed by atoms with Crippen molar-refractivity contribution < 1.29 is 4.74 Å². The minimum Gasteiger partial charge on any atom is -0.489 e. The molecule has 0 aliphatic carbocycles. The van der Waals surface area contributed by atoms with Gasteiger partial charge in [-0.3, -0.25) is 0 Å². The van der Waals surface area contributed by atoms with Crippen LogP contribution in [0.4, 0.5) is 5.69 Å². The summed E-state index contributed by atoms with van der Waals surface area (Å²) in [6.07, 6.45) is 0. The third-order valence-corrected chi connectivity index (χ3v) is 2.58. The van der Waals surface area contributed by atoms with Gasteiger partial charge < -0.3 is 4.74 Å². The molecule has 2 rings (SSSR count). The topological polar surface area (TPSA) is 41.9 Å². The van der Waals surface area contributed by atoms with Crippen LogP contribution in [0.2, 0.25) is 0 Å². The van der Waals surface area contributed by atoms with Gasteiger partial charge in [-0.05, 0) is 29.8 Å². The summed E-state index contributed by atoms with van der Waals surface area (Å²) in [4.78, 5) is 10.3. The van der Waals surface area contributed by atoms with E-state index in [9.17, 15) is 4.91 Å². The maximum absolute atomic E-state index is 10.3. The maximum Gasteiger partial charge on any atom is 0.119 e. The Morgan fingerprint density at radius 3 is 2.33 bits per heavy atom. The molecule has 0 aliphatic heterocycles. The Morgan fingerprint density at radius 2 is 1.72 bits per heavy atom. The molecule has 0 radical (unpaired) electrons. The Morgan fingerprint density at radius 1 is 1.06 bits per heavy atom. The van der Waals surface area contributed by atoms with Crippen LogP contribution in [-0.2, 0) is 6.61 Å². The molecule has 0 spiro atoms. The van der Waals surface area contributed by atoms with Gasteiger partial charge in [-0.15, -0.1) is 4.91 Å². The van der Waals surface area contributed by atoms with E-state index in [4.69, 9.17) is 4.74 Å². The molecule has 0 amide bonds. The van der Waals surface area contributed by atoms with E-state index < -0.39 is 0 Å². The molecule has 0 aliphatic rings. The summed E-state index contributed by atoms with van der Waals surface area (Å²) in [5, 5.41) is 4.09. The molecular formula is C14H14N2O2. The SMILES string of the molecule is CN(N=O)c1ccc(OCc2ccccc2)cc1. The number of anilines is 1. The predicted octanol–water partition coefficient (Wildman–Crippen LogP) is 3.38. The van der Waals surface area contributed by atoms with Gasteiger partial charge in [0.15, 0.2) is 0 Å². The predicted molar refractivity (Wildman–Crippen MR) is 71.4 cm³/mol. The van der Waals surface area contributed by atoms with Gasteiger partial charge in [0.05, 0.1) is 11.0 Å². The highest BCUT2D eigenvalue weighted by Gasteiger charge is 2.00. The van der Waals surface area contributed by atoms with Crippen LogP contribution in [0.3, 0.4) is 0 Å². The smallest absolute Gasteiger partial charge is 0.119 e. The Balaban J connectivity index is 1.96. The van der Waals surface area contributed by atoms with Gasteiger partial charge in [-0.2, -0.15) is 0 Å². The van der Waals surface area contributed by atoms with Crippen molar-refractivity contribution in [1.82, 2.24) is 0 Å². The first-order valence-electron chi connectivity index (χ1n) is 5.63. The van der Waals surface area contributed by atoms with E-state index in [1.807, 2.05) is 42.5 Å². The second kappa shape index (κ2) is 5.82. The van der Waals surface area contributed by atoms with Crippen LogP contribution in [0.5, 0.6) is 5.75 Å². The first-order chi connectivity index (χ1) is 8.79. The highest BCUT2D eigenvalue weighted by molar-refractivity contribution is 5.47. The second-order valence-corrected chi connectivity index (χ2v) is 3.87. The third-order valence-electron chi connectivity index (χ3n) is 2.58. The normalized spacial score (nSPS) is 9.83. The van der Waals surface area contributed by atoms with Crippen molar-refractivity contribution in [1.29, 1.82) is 0 Å². The van der Waals surface area contributed by atoms with Crippen LogP contribution < -0.4 is 9.75 Å². The van der Waals surface area contributed by atoms with Crippen molar-refractivity contribution in [2.45, 2.75) is 6.61 Å². The minimum absolute atomic E-state index is 0.530. The van der Waals surface area contributed by atoms with E-state index in [0.717, 1.165) is 17.0 Å². The van der Waals surface area contributed by atoms with Gasteiger partial charge in [0.25, 0.3) is 0 Å². The summed E-state index contributed by atoms with van der Waals surface area (Å²) in [7, 11) is 1.60. The number of nitrogens with zero attached hydrogens (tertiary/aromatic N) is 2. The van der Waals surface area contributed by atoms with Crippen molar-refractivity contribution in [2.75, 3.05) is 12.1 Å². The van der Waals surface area contributed by atoms with Crippen LogP contribution in [0.25, 0.3) is 0 Å². The molecule has 0 bridgehead atoms. The molecule has 0 heterocycles. The highest BCUT2D eigenvalue weighted by Crippen LogP contribution is 2.19. The minimum atomic E-state index is 0.530. The molecule has 0 saturated heterocycles. The van der Waals surface area contributed by atoms with E-state index >= 15 is 0 Å². The second-order valence-electron chi connectivity index (χ2n) is 3.87. The molecule has 0 aromatic heterocycles. The zero-order valence-corrected chi connectivity index (χ0v) is 10.1. The number of hydrogen-bond donors (Lipinski definition) is 0. The van der Waals surface area contributed by atoms with E-state index in [0.29, 0.717) is 6.61 Å². The van der Waals surface area contributed by atoms with Gasteiger partial charge in [-0.1, -0.05) is 30.3 Å².